The van der Waals surface area contributed by atoms with Gasteiger partial charge < -0.3 is 0 Å². The predicted molar refractivity (Wildman–Crippen MR) is 76.0 cm³/mol. The first kappa shape index (κ1) is 15.0. The van der Waals surface area contributed by atoms with Crippen molar-refractivity contribution < 1.29 is 13.2 Å². The van der Waals surface area contributed by atoms with Crippen molar-refractivity contribution in [3.63, 3.8) is 0 Å². The molecule has 1 aliphatic carbocycles. The van der Waals surface area contributed by atoms with Crippen molar-refractivity contribution in [2.24, 2.45) is 0 Å². The van der Waals surface area contributed by atoms with Crippen molar-refractivity contribution in [2.45, 2.75) is 49.9 Å². The molecule has 2 aromatic rings. The highest BCUT2D eigenvalue weighted by molar-refractivity contribution is 7.09. The number of nitrogens with zero attached hydrogens (tertiary/aromatic N) is 5. The van der Waals surface area contributed by atoms with E-state index in [9.17, 15) is 13.2 Å². The number of nitrogens with one attached hydrogen (secondary N) is 1. The average molecular weight is 344 g/mol. The molecule has 0 aromatic carbocycles. The molecule has 1 N–H and O–H groups in total. The van der Waals surface area contributed by atoms with Crippen molar-refractivity contribution in [3.8, 4) is 0 Å². The number of alkyl halides is 3. The number of aromatic nitrogens is 5. The van der Waals surface area contributed by atoms with Crippen LogP contribution in [0.3, 0.4) is 0 Å². The summed E-state index contributed by atoms with van der Waals surface area (Å²) in [5, 5.41) is 16.9. The van der Waals surface area contributed by atoms with Gasteiger partial charge in [0, 0.05) is 11.3 Å². The molecule has 1 saturated heterocycles. The van der Waals surface area contributed by atoms with Gasteiger partial charge in [-0.1, -0.05) is 0 Å². The SMILES string of the molecule is FC(F)(F)C1(c2nnn(Cc3csc(C4CC4)n3)n2)CCCN1. The van der Waals surface area contributed by atoms with Crippen molar-refractivity contribution in [1.82, 2.24) is 30.5 Å². The van der Waals surface area contributed by atoms with Gasteiger partial charge in [-0.2, -0.15) is 18.0 Å². The Kier molecular flexibility index (Phi) is 3.41. The van der Waals surface area contributed by atoms with Crippen LogP contribution in [0.5, 0.6) is 0 Å². The summed E-state index contributed by atoms with van der Waals surface area (Å²) in [5.74, 6) is 0.254. The molecule has 4 rings (SSSR count). The minimum absolute atomic E-state index is 0.0648. The number of hydrogen-bond donors (Lipinski definition) is 1. The average Bonchev–Trinajstić information content (AvgIpc) is 2.96. The van der Waals surface area contributed by atoms with E-state index in [1.807, 2.05) is 5.38 Å². The van der Waals surface area contributed by atoms with Gasteiger partial charge in [-0.05, 0) is 37.4 Å². The smallest absolute Gasteiger partial charge is 0.297 e. The second-order valence-electron chi connectivity index (χ2n) is 6.03. The molecular weight excluding hydrogens is 329 g/mol. The van der Waals surface area contributed by atoms with E-state index >= 15 is 0 Å². The maximum atomic E-state index is 13.4. The minimum atomic E-state index is -4.45. The summed E-state index contributed by atoms with van der Waals surface area (Å²) < 4.78 is 40.3. The van der Waals surface area contributed by atoms with Gasteiger partial charge >= 0.3 is 6.18 Å². The second kappa shape index (κ2) is 5.23. The zero-order valence-corrected chi connectivity index (χ0v) is 13.0. The molecule has 124 valence electrons. The molecule has 0 spiro atoms. The third-order valence-electron chi connectivity index (χ3n) is 4.27. The fourth-order valence-electron chi connectivity index (χ4n) is 2.84. The monoisotopic (exact) mass is 344 g/mol. The molecule has 10 heteroatoms. The molecule has 0 amide bonds. The maximum Gasteiger partial charge on any atom is 0.414 e. The van der Waals surface area contributed by atoms with Gasteiger partial charge in [-0.3, -0.25) is 5.32 Å². The highest BCUT2D eigenvalue weighted by Crippen LogP contribution is 2.43. The Labute approximate surface area is 134 Å². The third-order valence-corrected chi connectivity index (χ3v) is 5.33. The summed E-state index contributed by atoms with van der Waals surface area (Å²) in [6.07, 6.45) is -1.75. The second-order valence-corrected chi connectivity index (χ2v) is 6.92. The van der Waals surface area contributed by atoms with Crippen LogP contribution in [0.15, 0.2) is 5.38 Å². The topological polar surface area (TPSA) is 68.5 Å². The Bertz CT molecular complexity index is 699. The van der Waals surface area contributed by atoms with E-state index in [2.05, 4.69) is 25.7 Å². The molecule has 1 saturated carbocycles. The normalized spacial score (nSPS) is 25.2. The minimum Gasteiger partial charge on any atom is -0.297 e. The first-order valence-electron chi connectivity index (χ1n) is 7.52. The summed E-state index contributed by atoms with van der Waals surface area (Å²) in [6.45, 7) is 0.537. The van der Waals surface area contributed by atoms with Crippen molar-refractivity contribution in [3.05, 3.63) is 21.9 Å². The fraction of sp³-hybridized carbons (Fsp3) is 0.692. The van der Waals surface area contributed by atoms with Crippen LogP contribution in [0.1, 0.15) is 48.1 Å². The summed E-state index contributed by atoms with van der Waals surface area (Å²) in [7, 11) is 0. The quantitative estimate of drug-likeness (QED) is 0.921. The molecule has 1 aliphatic heterocycles. The summed E-state index contributed by atoms with van der Waals surface area (Å²) in [4.78, 5) is 5.68. The van der Waals surface area contributed by atoms with Crippen LogP contribution in [0.25, 0.3) is 0 Å². The molecule has 23 heavy (non-hydrogen) atoms. The van der Waals surface area contributed by atoms with E-state index in [-0.39, 0.29) is 18.8 Å². The van der Waals surface area contributed by atoms with E-state index in [1.54, 1.807) is 11.3 Å². The summed E-state index contributed by atoms with van der Waals surface area (Å²) in [6, 6.07) is 0. The summed E-state index contributed by atoms with van der Waals surface area (Å²) in [5.41, 5.74) is -1.41. The third kappa shape index (κ3) is 2.63. The maximum absolute atomic E-state index is 13.4. The summed E-state index contributed by atoms with van der Waals surface area (Å²) >= 11 is 1.58. The van der Waals surface area contributed by atoms with Crippen LogP contribution < -0.4 is 5.32 Å². The van der Waals surface area contributed by atoms with Gasteiger partial charge in [-0.15, -0.1) is 21.5 Å². The largest absolute Gasteiger partial charge is 0.414 e. The van der Waals surface area contributed by atoms with Crippen LogP contribution >= 0.6 is 11.3 Å². The van der Waals surface area contributed by atoms with Crippen LogP contribution in [0.2, 0.25) is 0 Å². The number of hydrogen-bond acceptors (Lipinski definition) is 6. The van der Waals surface area contributed by atoms with Crippen LogP contribution in [0.4, 0.5) is 13.2 Å². The first-order valence-corrected chi connectivity index (χ1v) is 8.40. The van der Waals surface area contributed by atoms with Gasteiger partial charge in [0.1, 0.15) is 6.54 Å². The molecule has 2 fully saturated rings. The first-order chi connectivity index (χ1) is 11.0. The van der Waals surface area contributed by atoms with Gasteiger partial charge in [0.2, 0.25) is 5.82 Å². The number of tetrazole rings is 1. The number of rotatable bonds is 4. The highest BCUT2D eigenvalue weighted by Gasteiger charge is 2.60. The van der Waals surface area contributed by atoms with Crippen molar-refractivity contribution >= 4 is 11.3 Å². The Balaban J connectivity index is 1.55. The Morgan fingerprint density at radius 2 is 2.22 bits per heavy atom. The van der Waals surface area contributed by atoms with E-state index in [0.717, 1.165) is 10.7 Å². The van der Waals surface area contributed by atoms with Crippen LogP contribution in [-0.4, -0.2) is 37.9 Å². The predicted octanol–water partition coefficient (Wildman–Crippen LogP) is 2.20. The van der Waals surface area contributed by atoms with Crippen molar-refractivity contribution in [1.29, 1.82) is 0 Å². The molecule has 0 radical (unpaired) electrons. The molecule has 0 bridgehead atoms. The van der Waals surface area contributed by atoms with Gasteiger partial charge in [-0.25, -0.2) is 4.98 Å². The molecule has 3 heterocycles. The van der Waals surface area contributed by atoms with Gasteiger partial charge in [0.25, 0.3) is 0 Å². The highest BCUT2D eigenvalue weighted by atomic mass is 32.1. The van der Waals surface area contributed by atoms with Crippen molar-refractivity contribution in [2.75, 3.05) is 6.54 Å². The van der Waals surface area contributed by atoms with Crippen LogP contribution in [-0.2, 0) is 12.1 Å². The number of halogens is 3. The van der Waals surface area contributed by atoms with E-state index in [1.165, 1.54) is 17.6 Å². The van der Waals surface area contributed by atoms with Gasteiger partial charge in [0.05, 0.1) is 10.7 Å². The van der Waals surface area contributed by atoms with E-state index < -0.39 is 11.7 Å². The fourth-order valence-corrected chi connectivity index (χ4v) is 3.82. The Morgan fingerprint density at radius 3 is 2.87 bits per heavy atom. The molecule has 1 unspecified atom stereocenters. The zero-order chi connectivity index (χ0) is 16.1. The molecule has 2 aliphatic rings. The van der Waals surface area contributed by atoms with Crippen LogP contribution in [0, 0.1) is 0 Å². The Hall–Kier alpha value is -1.55. The van der Waals surface area contributed by atoms with E-state index in [0.29, 0.717) is 18.9 Å². The number of thiazole rings is 1. The molecular formula is C13H15F3N6S. The standard InChI is InChI=1S/C13H15F3N6S/c14-13(15,16)12(4-1-5-17-12)11-19-21-22(20-11)6-9-7-23-10(18-9)8-2-3-8/h7-8,17H,1-6H2. The lowest BCUT2D eigenvalue weighted by Crippen LogP contribution is -2.50. The lowest BCUT2D eigenvalue weighted by atomic mass is 9.96. The zero-order valence-electron chi connectivity index (χ0n) is 12.2. The lowest BCUT2D eigenvalue weighted by Gasteiger charge is -2.28. The molecule has 6 nitrogen and oxygen atoms in total. The van der Waals surface area contributed by atoms with Gasteiger partial charge in [0.15, 0.2) is 5.54 Å². The Morgan fingerprint density at radius 1 is 1.39 bits per heavy atom. The molecule has 2 aromatic heterocycles. The van der Waals surface area contributed by atoms with E-state index in [4.69, 9.17) is 0 Å². The molecule has 1 atom stereocenters. The lowest BCUT2D eigenvalue weighted by molar-refractivity contribution is -0.198.